The minimum Gasteiger partial charge on any atom is -0.377 e. The first-order valence-electron chi connectivity index (χ1n) is 12.2. The standard InChI is InChI=1S/C27H28F3N5O3/c1-4-31-26(37)24-22(35-9-10-38-15-17(35)3)11-19(14-33-24)21-13-20(6-5-16(21)2)34-25(36)18-7-8-32-23(12-18)27(28,29)30/h5-8,11-14,17H,4,9-10,15H2,1-3H3,(H,31,37)(H,34,36)/t17-/m1/s1. The number of anilines is 2. The number of nitrogens with zero attached hydrogens (tertiary/aromatic N) is 3. The molecule has 3 aromatic rings. The number of hydrogen-bond acceptors (Lipinski definition) is 6. The van der Waals surface area contributed by atoms with Crippen molar-refractivity contribution in [3.63, 3.8) is 0 Å². The first-order valence-corrected chi connectivity index (χ1v) is 12.2. The summed E-state index contributed by atoms with van der Waals surface area (Å²) >= 11 is 0. The smallest absolute Gasteiger partial charge is 0.377 e. The molecule has 1 aliphatic heterocycles. The van der Waals surface area contributed by atoms with Gasteiger partial charge in [0.2, 0.25) is 0 Å². The molecule has 4 rings (SSSR count). The van der Waals surface area contributed by atoms with E-state index in [2.05, 4.69) is 25.5 Å². The van der Waals surface area contributed by atoms with Crippen LogP contribution in [0.3, 0.4) is 0 Å². The van der Waals surface area contributed by atoms with Gasteiger partial charge in [-0.05, 0) is 62.2 Å². The molecule has 3 heterocycles. The van der Waals surface area contributed by atoms with Crippen LogP contribution in [0.15, 0.2) is 48.8 Å². The minimum absolute atomic E-state index is 0.0302. The predicted octanol–water partition coefficient (Wildman–Crippen LogP) is 4.70. The second-order valence-electron chi connectivity index (χ2n) is 8.98. The number of morpholine rings is 1. The summed E-state index contributed by atoms with van der Waals surface area (Å²) in [4.78, 5) is 35.4. The van der Waals surface area contributed by atoms with Crippen molar-refractivity contribution < 1.29 is 27.5 Å². The van der Waals surface area contributed by atoms with Gasteiger partial charge in [-0.15, -0.1) is 0 Å². The summed E-state index contributed by atoms with van der Waals surface area (Å²) in [5.74, 6) is -0.971. The fourth-order valence-corrected chi connectivity index (χ4v) is 4.26. The molecule has 0 bridgehead atoms. The van der Waals surface area contributed by atoms with Crippen LogP contribution in [0.2, 0.25) is 0 Å². The Labute approximate surface area is 218 Å². The Balaban J connectivity index is 1.68. The lowest BCUT2D eigenvalue weighted by atomic mass is 9.99. The van der Waals surface area contributed by atoms with E-state index in [9.17, 15) is 22.8 Å². The first-order chi connectivity index (χ1) is 18.1. The maximum Gasteiger partial charge on any atom is 0.433 e. The summed E-state index contributed by atoms with van der Waals surface area (Å²) in [6.07, 6.45) is -2.10. The topological polar surface area (TPSA) is 96.5 Å². The molecule has 2 N–H and O–H groups in total. The highest BCUT2D eigenvalue weighted by atomic mass is 19.4. The minimum atomic E-state index is -4.66. The summed E-state index contributed by atoms with van der Waals surface area (Å²) < 4.78 is 44.6. The zero-order valence-corrected chi connectivity index (χ0v) is 21.2. The molecule has 2 amide bonds. The molecule has 11 heteroatoms. The van der Waals surface area contributed by atoms with Gasteiger partial charge in [0, 0.05) is 48.3 Å². The number of alkyl halides is 3. The number of carbonyl (C=O) groups is 2. The Kier molecular flexibility index (Phi) is 7.96. The van der Waals surface area contributed by atoms with E-state index in [4.69, 9.17) is 4.74 Å². The molecule has 2 aromatic heterocycles. The number of aryl methyl sites for hydroxylation is 1. The molecule has 1 fully saturated rings. The third kappa shape index (κ3) is 5.94. The fourth-order valence-electron chi connectivity index (χ4n) is 4.26. The normalized spacial score (nSPS) is 15.7. The lowest BCUT2D eigenvalue weighted by Gasteiger charge is -2.36. The van der Waals surface area contributed by atoms with E-state index in [1.54, 1.807) is 24.4 Å². The van der Waals surface area contributed by atoms with Gasteiger partial charge < -0.3 is 20.3 Å². The second-order valence-corrected chi connectivity index (χ2v) is 8.98. The third-order valence-electron chi connectivity index (χ3n) is 6.22. The zero-order chi connectivity index (χ0) is 27.4. The summed E-state index contributed by atoms with van der Waals surface area (Å²) in [7, 11) is 0. The van der Waals surface area contributed by atoms with Crippen LogP contribution in [0.5, 0.6) is 0 Å². The molecule has 1 saturated heterocycles. The molecule has 1 atom stereocenters. The highest BCUT2D eigenvalue weighted by molar-refractivity contribution is 6.04. The van der Waals surface area contributed by atoms with Crippen LogP contribution in [0, 0.1) is 6.92 Å². The molecule has 200 valence electrons. The number of benzene rings is 1. The van der Waals surface area contributed by atoms with E-state index in [0.29, 0.717) is 49.4 Å². The van der Waals surface area contributed by atoms with Crippen molar-refractivity contribution in [2.75, 3.05) is 36.5 Å². The van der Waals surface area contributed by atoms with E-state index in [0.717, 1.165) is 22.9 Å². The number of nitrogens with one attached hydrogen (secondary N) is 2. The molecule has 1 aliphatic rings. The first kappa shape index (κ1) is 27.1. The molecule has 0 saturated carbocycles. The van der Waals surface area contributed by atoms with Gasteiger partial charge in [-0.2, -0.15) is 13.2 Å². The Morgan fingerprint density at radius 2 is 1.92 bits per heavy atom. The van der Waals surface area contributed by atoms with E-state index < -0.39 is 17.8 Å². The Morgan fingerprint density at radius 1 is 1.13 bits per heavy atom. The lowest BCUT2D eigenvalue weighted by molar-refractivity contribution is -0.141. The molecule has 0 spiro atoms. The number of rotatable bonds is 6. The number of hydrogen-bond donors (Lipinski definition) is 2. The van der Waals surface area contributed by atoms with Gasteiger partial charge in [0.1, 0.15) is 5.69 Å². The molecule has 1 aromatic carbocycles. The van der Waals surface area contributed by atoms with Crippen LogP contribution in [0.1, 0.15) is 46.0 Å². The van der Waals surface area contributed by atoms with Crippen molar-refractivity contribution in [1.82, 2.24) is 15.3 Å². The summed E-state index contributed by atoms with van der Waals surface area (Å²) in [6, 6.07) is 9.06. The number of pyridine rings is 2. The van der Waals surface area contributed by atoms with Gasteiger partial charge >= 0.3 is 6.18 Å². The predicted molar refractivity (Wildman–Crippen MR) is 137 cm³/mol. The molecule has 0 unspecified atom stereocenters. The number of carbonyl (C=O) groups excluding carboxylic acids is 2. The molecular formula is C27H28F3N5O3. The highest BCUT2D eigenvalue weighted by Crippen LogP contribution is 2.33. The van der Waals surface area contributed by atoms with Crippen LogP contribution in [0.25, 0.3) is 11.1 Å². The fraction of sp³-hybridized carbons (Fsp3) is 0.333. The van der Waals surface area contributed by atoms with Gasteiger partial charge in [-0.3, -0.25) is 14.6 Å². The third-order valence-corrected chi connectivity index (χ3v) is 6.22. The number of amides is 2. The van der Waals surface area contributed by atoms with Crippen molar-refractivity contribution >= 4 is 23.2 Å². The van der Waals surface area contributed by atoms with Crippen LogP contribution in [0.4, 0.5) is 24.5 Å². The summed E-state index contributed by atoms with van der Waals surface area (Å²) in [5, 5.41) is 5.46. The monoisotopic (exact) mass is 527 g/mol. The lowest BCUT2D eigenvalue weighted by Crippen LogP contribution is -2.45. The van der Waals surface area contributed by atoms with E-state index in [1.165, 1.54) is 6.07 Å². The average Bonchev–Trinajstić information content (AvgIpc) is 2.89. The maximum absolute atomic E-state index is 13.0. The molecule has 8 nitrogen and oxygen atoms in total. The number of aromatic nitrogens is 2. The van der Waals surface area contributed by atoms with Crippen molar-refractivity contribution in [2.24, 2.45) is 0 Å². The molecule has 38 heavy (non-hydrogen) atoms. The molecular weight excluding hydrogens is 499 g/mol. The van der Waals surface area contributed by atoms with Gasteiger partial charge in [0.05, 0.1) is 18.9 Å². The van der Waals surface area contributed by atoms with Crippen LogP contribution < -0.4 is 15.5 Å². The average molecular weight is 528 g/mol. The molecule has 0 radical (unpaired) electrons. The largest absolute Gasteiger partial charge is 0.433 e. The van der Waals surface area contributed by atoms with E-state index >= 15 is 0 Å². The highest BCUT2D eigenvalue weighted by Gasteiger charge is 2.33. The van der Waals surface area contributed by atoms with Gasteiger partial charge in [-0.25, -0.2) is 4.98 Å². The van der Waals surface area contributed by atoms with E-state index in [1.807, 2.05) is 26.8 Å². The van der Waals surface area contributed by atoms with Gasteiger partial charge in [-0.1, -0.05) is 6.07 Å². The van der Waals surface area contributed by atoms with Crippen LogP contribution >= 0.6 is 0 Å². The Hall–Kier alpha value is -3.99. The van der Waals surface area contributed by atoms with Crippen molar-refractivity contribution in [2.45, 2.75) is 33.0 Å². The van der Waals surface area contributed by atoms with E-state index in [-0.39, 0.29) is 17.5 Å². The zero-order valence-electron chi connectivity index (χ0n) is 21.2. The second kappa shape index (κ2) is 11.2. The van der Waals surface area contributed by atoms with Crippen molar-refractivity contribution in [3.05, 3.63) is 71.3 Å². The maximum atomic E-state index is 13.0. The molecule has 0 aliphatic carbocycles. The van der Waals surface area contributed by atoms with Crippen LogP contribution in [-0.4, -0.2) is 54.1 Å². The quantitative estimate of drug-likeness (QED) is 0.483. The Morgan fingerprint density at radius 3 is 2.63 bits per heavy atom. The SMILES string of the molecule is CCNC(=O)c1ncc(-c2cc(NC(=O)c3ccnc(C(F)(F)F)c3)ccc2C)cc1N1CCOC[C@H]1C. The van der Waals surface area contributed by atoms with Crippen molar-refractivity contribution in [3.8, 4) is 11.1 Å². The number of ether oxygens (including phenoxy) is 1. The van der Waals surface area contributed by atoms with Gasteiger partial charge in [0.25, 0.3) is 11.8 Å². The van der Waals surface area contributed by atoms with Crippen LogP contribution in [-0.2, 0) is 10.9 Å². The Bertz CT molecular complexity index is 1350. The van der Waals surface area contributed by atoms with Crippen molar-refractivity contribution in [1.29, 1.82) is 0 Å². The van der Waals surface area contributed by atoms with Gasteiger partial charge in [0.15, 0.2) is 5.69 Å². The summed E-state index contributed by atoms with van der Waals surface area (Å²) in [5.41, 5.74) is 2.45. The summed E-state index contributed by atoms with van der Waals surface area (Å²) in [6.45, 7) is 7.84. The number of halogens is 3.